The molecular weight excluding hydrogens is 369 g/mol. The van der Waals surface area contributed by atoms with Crippen LogP contribution in [0.15, 0.2) is 23.4 Å². The number of rotatable bonds is 2. The van der Waals surface area contributed by atoms with Crippen molar-refractivity contribution >= 4 is 28.9 Å². The van der Waals surface area contributed by atoms with E-state index in [1.54, 1.807) is 0 Å². The average molecular weight is 389 g/mol. The van der Waals surface area contributed by atoms with Crippen molar-refractivity contribution < 1.29 is 23.2 Å². The molecule has 8 heteroatoms. The van der Waals surface area contributed by atoms with E-state index in [0.29, 0.717) is 18.6 Å². The molecule has 2 unspecified atom stereocenters. The van der Waals surface area contributed by atoms with Gasteiger partial charge in [0.15, 0.2) is 0 Å². The monoisotopic (exact) mass is 388 g/mol. The first-order valence-corrected chi connectivity index (χ1v) is 8.66. The number of anilines is 1. The summed E-state index contributed by atoms with van der Waals surface area (Å²) in [6.07, 6.45) is -3.02. The topological polar surface area (TPSA) is 61.7 Å². The Morgan fingerprint density at radius 3 is 2.46 bits per heavy atom. The average Bonchev–Trinajstić information content (AvgIpc) is 2.85. The number of amides is 1. The zero-order chi connectivity index (χ0) is 19.5. The summed E-state index contributed by atoms with van der Waals surface area (Å²) in [5.41, 5.74) is -2.20. The van der Waals surface area contributed by atoms with E-state index in [4.69, 9.17) is 11.6 Å². The molecule has 0 saturated heterocycles. The molecule has 2 aliphatic rings. The van der Waals surface area contributed by atoms with E-state index >= 15 is 0 Å². The smallest absolute Gasteiger partial charge is 0.411 e. The number of oxime groups is 1. The standard InChI is InChI=1S/C18H20ClF3N2O2/c1-15(2)16(3)6-7-17(15,9-13(16)24-26)14(25)23-12-8-10(18(20,21)22)4-5-11(12)19/h4-5,8,26H,6-7,9H2,1-3H3,(H,23,25). The molecule has 0 spiro atoms. The number of hydrogen-bond donors (Lipinski definition) is 2. The van der Waals surface area contributed by atoms with Gasteiger partial charge in [-0.25, -0.2) is 0 Å². The first-order chi connectivity index (χ1) is 11.9. The van der Waals surface area contributed by atoms with Crippen LogP contribution in [0.3, 0.4) is 0 Å². The maximum Gasteiger partial charge on any atom is 0.416 e. The maximum atomic E-state index is 13.1. The van der Waals surface area contributed by atoms with Crippen molar-refractivity contribution in [1.82, 2.24) is 0 Å². The number of hydrogen-bond acceptors (Lipinski definition) is 3. The summed E-state index contributed by atoms with van der Waals surface area (Å²) in [4.78, 5) is 13.1. The highest BCUT2D eigenvalue weighted by atomic mass is 35.5. The Labute approximate surface area is 154 Å². The van der Waals surface area contributed by atoms with E-state index in [1.165, 1.54) is 0 Å². The van der Waals surface area contributed by atoms with Crippen LogP contribution in [0.5, 0.6) is 0 Å². The Balaban J connectivity index is 1.97. The minimum absolute atomic E-state index is 0.0374. The molecular formula is C18H20ClF3N2O2. The predicted molar refractivity (Wildman–Crippen MR) is 92.5 cm³/mol. The van der Waals surface area contributed by atoms with Crippen molar-refractivity contribution in [2.75, 3.05) is 5.32 Å². The Morgan fingerprint density at radius 1 is 1.27 bits per heavy atom. The van der Waals surface area contributed by atoms with Gasteiger partial charge in [0.25, 0.3) is 0 Å². The Hall–Kier alpha value is -1.76. The van der Waals surface area contributed by atoms with Gasteiger partial charge in [-0.2, -0.15) is 13.2 Å². The molecule has 2 atom stereocenters. The van der Waals surface area contributed by atoms with Gasteiger partial charge in [-0.3, -0.25) is 4.79 Å². The van der Waals surface area contributed by atoms with E-state index in [2.05, 4.69) is 10.5 Å². The van der Waals surface area contributed by atoms with Gasteiger partial charge in [0.1, 0.15) is 0 Å². The third-order valence-corrected chi connectivity index (χ3v) is 7.16. The molecule has 0 aromatic heterocycles. The lowest BCUT2D eigenvalue weighted by Crippen LogP contribution is -2.43. The van der Waals surface area contributed by atoms with E-state index < -0.39 is 33.9 Å². The molecule has 4 nitrogen and oxygen atoms in total. The third kappa shape index (κ3) is 2.36. The fourth-order valence-electron chi connectivity index (χ4n) is 4.57. The summed E-state index contributed by atoms with van der Waals surface area (Å²) < 4.78 is 38.9. The number of carbonyl (C=O) groups excluding carboxylic acids is 1. The second-order valence-electron chi connectivity index (χ2n) is 7.91. The third-order valence-electron chi connectivity index (χ3n) is 6.83. The van der Waals surface area contributed by atoms with Crippen molar-refractivity contribution in [2.45, 2.75) is 46.2 Å². The summed E-state index contributed by atoms with van der Waals surface area (Å²) in [6, 6.07) is 2.84. The number of halogens is 4. The molecule has 0 radical (unpaired) electrons. The highest BCUT2D eigenvalue weighted by molar-refractivity contribution is 6.33. The molecule has 26 heavy (non-hydrogen) atoms. The maximum absolute atomic E-state index is 13.1. The van der Waals surface area contributed by atoms with Crippen LogP contribution in [0.1, 0.15) is 45.6 Å². The minimum atomic E-state index is -4.53. The molecule has 0 heterocycles. The highest BCUT2D eigenvalue weighted by Crippen LogP contribution is 2.71. The lowest BCUT2D eigenvalue weighted by Gasteiger charge is -2.39. The predicted octanol–water partition coefficient (Wildman–Crippen LogP) is 5.34. The number of carbonyl (C=O) groups is 1. The van der Waals surface area contributed by atoms with Crippen LogP contribution < -0.4 is 5.32 Å². The summed E-state index contributed by atoms with van der Waals surface area (Å²) in [5.74, 6) is -0.397. The van der Waals surface area contributed by atoms with Crippen LogP contribution in [0.4, 0.5) is 18.9 Å². The van der Waals surface area contributed by atoms with Crippen LogP contribution in [-0.4, -0.2) is 16.8 Å². The van der Waals surface area contributed by atoms with Crippen molar-refractivity contribution in [3.05, 3.63) is 28.8 Å². The number of benzene rings is 1. The highest BCUT2D eigenvalue weighted by Gasteiger charge is 2.71. The van der Waals surface area contributed by atoms with Crippen LogP contribution in [0.25, 0.3) is 0 Å². The molecule has 2 fully saturated rings. The molecule has 3 rings (SSSR count). The van der Waals surface area contributed by atoms with Gasteiger partial charge in [0.2, 0.25) is 5.91 Å². The van der Waals surface area contributed by atoms with E-state index in [-0.39, 0.29) is 17.1 Å². The quantitative estimate of drug-likeness (QED) is 0.530. The first kappa shape index (κ1) is 19.0. The van der Waals surface area contributed by atoms with Crippen molar-refractivity contribution in [2.24, 2.45) is 21.4 Å². The zero-order valence-electron chi connectivity index (χ0n) is 14.7. The number of nitrogens with one attached hydrogen (secondary N) is 1. The van der Waals surface area contributed by atoms with Crippen LogP contribution in [0.2, 0.25) is 5.02 Å². The van der Waals surface area contributed by atoms with Gasteiger partial charge in [-0.05, 0) is 36.5 Å². The fourth-order valence-corrected chi connectivity index (χ4v) is 4.74. The summed E-state index contributed by atoms with van der Waals surface area (Å²) >= 11 is 6.00. The van der Waals surface area contributed by atoms with Gasteiger partial charge < -0.3 is 10.5 Å². The van der Waals surface area contributed by atoms with Gasteiger partial charge in [-0.15, -0.1) is 0 Å². The molecule has 2 N–H and O–H groups in total. The largest absolute Gasteiger partial charge is 0.416 e. The second-order valence-corrected chi connectivity index (χ2v) is 8.32. The lowest BCUT2D eigenvalue weighted by molar-refractivity contribution is -0.137. The van der Waals surface area contributed by atoms with Gasteiger partial charge in [0.05, 0.1) is 27.4 Å². The summed E-state index contributed by atoms with van der Waals surface area (Å²) in [6.45, 7) is 5.83. The molecule has 0 aliphatic heterocycles. The van der Waals surface area contributed by atoms with E-state index in [9.17, 15) is 23.2 Å². The van der Waals surface area contributed by atoms with Crippen molar-refractivity contribution in [1.29, 1.82) is 0 Å². The lowest BCUT2D eigenvalue weighted by atomic mass is 9.64. The Bertz CT molecular complexity index is 806. The van der Waals surface area contributed by atoms with E-state index in [0.717, 1.165) is 18.2 Å². The van der Waals surface area contributed by atoms with E-state index in [1.807, 2.05) is 20.8 Å². The van der Waals surface area contributed by atoms with Crippen LogP contribution in [-0.2, 0) is 11.0 Å². The van der Waals surface area contributed by atoms with Crippen LogP contribution in [0, 0.1) is 16.2 Å². The first-order valence-electron chi connectivity index (χ1n) is 8.29. The fraction of sp³-hybridized carbons (Fsp3) is 0.556. The number of nitrogens with zero attached hydrogens (tertiary/aromatic N) is 1. The molecule has 2 bridgehead atoms. The molecule has 2 saturated carbocycles. The Kier molecular flexibility index (Phi) is 4.11. The van der Waals surface area contributed by atoms with Crippen molar-refractivity contribution in [3.63, 3.8) is 0 Å². The summed E-state index contributed by atoms with van der Waals surface area (Å²) in [7, 11) is 0. The molecule has 1 amide bonds. The molecule has 142 valence electrons. The second kappa shape index (κ2) is 5.62. The molecule has 1 aromatic rings. The van der Waals surface area contributed by atoms with Gasteiger partial charge in [-0.1, -0.05) is 37.5 Å². The number of alkyl halides is 3. The van der Waals surface area contributed by atoms with Crippen LogP contribution >= 0.6 is 11.6 Å². The normalized spacial score (nSPS) is 31.4. The molecule has 2 aliphatic carbocycles. The number of fused-ring (bicyclic) bond motifs is 2. The molecule has 1 aromatic carbocycles. The Morgan fingerprint density at radius 2 is 1.92 bits per heavy atom. The van der Waals surface area contributed by atoms with Crippen molar-refractivity contribution in [3.8, 4) is 0 Å². The zero-order valence-corrected chi connectivity index (χ0v) is 15.4. The minimum Gasteiger partial charge on any atom is -0.411 e. The SMILES string of the molecule is CC12CCC(C(=O)Nc3cc(C(F)(F)F)ccc3Cl)(CC1=NO)C2(C)C. The van der Waals surface area contributed by atoms with Gasteiger partial charge >= 0.3 is 6.18 Å². The van der Waals surface area contributed by atoms with Gasteiger partial charge in [0, 0.05) is 11.8 Å². The summed E-state index contributed by atoms with van der Waals surface area (Å²) in [5, 5.41) is 15.4.